The summed E-state index contributed by atoms with van der Waals surface area (Å²) < 4.78 is 4.73. The van der Waals surface area contributed by atoms with Crippen molar-refractivity contribution in [2.24, 2.45) is 0 Å². The quantitative estimate of drug-likeness (QED) is 0.605. The first-order valence-corrected chi connectivity index (χ1v) is 3.47. The van der Waals surface area contributed by atoms with Crippen molar-refractivity contribution in [2.75, 3.05) is 27.2 Å². The molecule has 0 aliphatic rings. The van der Waals surface area contributed by atoms with Crippen molar-refractivity contribution in [3.05, 3.63) is 0 Å². The first kappa shape index (κ1) is 13.3. The van der Waals surface area contributed by atoms with E-state index >= 15 is 0 Å². The Kier molecular flexibility index (Phi) is 9.47. The van der Waals surface area contributed by atoms with Gasteiger partial charge in [0.05, 0.1) is 13.0 Å². The van der Waals surface area contributed by atoms with Gasteiger partial charge in [-0.1, -0.05) is 0 Å². The van der Waals surface area contributed by atoms with E-state index in [4.69, 9.17) is 4.74 Å². The van der Waals surface area contributed by atoms with Crippen molar-refractivity contribution < 1.29 is 9.53 Å². The second-order valence-corrected chi connectivity index (χ2v) is 2.36. The van der Waals surface area contributed by atoms with E-state index in [1.807, 2.05) is 25.9 Å². The number of nitrogens with zero attached hydrogens (tertiary/aromatic N) is 1. The van der Waals surface area contributed by atoms with Crippen LogP contribution < -0.4 is 0 Å². The van der Waals surface area contributed by atoms with Gasteiger partial charge in [0.15, 0.2) is 0 Å². The third-order valence-electron chi connectivity index (χ3n) is 1.07. The minimum atomic E-state index is -0.115. The summed E-state index contributed by atoms with van der Waals surface area (Å²) in [4.78, 5) is 12.7. The lowest BCUT2D eigenvalue weighted by atomic mass is 10.4. The van der Waals surface area contributed by atoms with Gasteiger partial charge < -0.3 is 9.64 Å². The summed E-state index contributed by atoms with van der Waals surface area (Å²) in [6.07, 6.45) is 0.487. The smallest absolute Gasteiger partial charge is 0.307 e. The molecular weight excluding hydrogens is 166 g/mol. The molecule has 0 radical (unpaired) electrons. The van der Waals surface area contributed by atoms with Crippen LogP contribution in [0.25, 0.3) is 0 Å². The zero-order chi connectivity index (χ0) is 7.98. The van der Waals surface area contributed by atoms with E-state index in [9.17, 15) is 4.79 Å². The Morgan fingerprint density at radius 3 is 2.36 bits per heavy atom. The van der Waals surface area contributed by atoms with Crippen LogP contribution in [0.5, 0.6) is 0 Å². The Hall–Kier alpha value is -0.280. The molecule has 0 bridgehead atoms. The van der Waals surface area contributed by atoms with Crippen LogP contribution in [-0.4, -0.2) is 38.1 Å². The maximum atomic E-state index is 10.7. The Morgan fingerprint density at radius 2 is 2.00 bits per heavy atom. The molecule has 0 aliphatic heterocycles. The maximum absolute atomic E-state index is 10.7. The number of halogens is 1. The fourth-order valence-electron chi connectivity index (χ4n) is 0.548. The van der Waals surface area contributed by atoms with Crippen molar-refractivity contribution in [1.29, 1.82) is 0 Å². The fourth-order valence-corrected chi connectivity index (χ4v) is 0.548. The highest BCUT2D eigenvalue weighted by Crippen LogP contribution is 1.87. The predicted octanol–water partition coefficient (Wildman–Crippen LogP) is 0.923. The number of carbonyl (C=O) groups is 1. The van der Waals surface area contributed by atoms with Crippen LogP contribution in [0.15, 0.2) is 0 Å². The molecule has 0 saturated carbocycles. The molecule has 0 N–H and O–H groups in total. The molecule has 0 heterocycles. The summed E-state index contributed by atoms with van der Waals surface area (Å²) in [5, 5.41) is 0. The minimum Gasteiger partial charge on any atom is -0.466 e. The first-order valence-electron chi connectivity index (χ1n) is 3.47. The summed E-state index contributed by atoms with van der Waals surface area (Å²) >= 11 is 0. The Bertz CT molecular complexity index is 107. The molecule has 0 unspecified atom stereocenters. The van der Waals surface area contributed by atoms with Crippen LogP contribution >= 0.6 is 12.4 Å². The third kappa shape index (κ3) is 9.72. The SMILES string of the molecule is CCOC(=O)CCN(C)C.Cl. The largest absolute Gasteiger partial charge is 0.466 e. The molecule has 0 aromatic heterocycles. The van der Waals surface area contributed by atoms with Gasteiger partial charge >= 0.3 is 5.97 Å². The van der Waals surface area contributed by atoms with Crippen LogP contribution in [0, 0.1) is 0 Å². The van der Waals surface area contributed by atoms with Gasteiger partial charge in [0, 0.05) is 6.54 Å². The molecule has 0 atom stereocenters. The number of ether oxygens (including phenoxy) is 1. The van der Waals surface area contributed by atoms with Crippen molar-refractivity contribution in [3.8, 4) is 0 Å². The second-order valence-electron chi connectivity index (χ2n) is 2.36. The van der Waals surface area contributed by atoms with E-state index in [-0.39, 0.29) is 18.4 Å². The molecule has 0 rings (SSSR count). The molecular formula is C7H16ClNO2. The summed E-state index contributed by atoms with van der Waals surface area (Å²) in [6.45, 7) is 3.05. The number of carbonyl (C=O) groups excluding carboxylic acids is 1. The molecule has 0 aliphatic carbocycles. The molecule has 3 nitrogen and oxygen atoms in total. The van der Waals surface area contributed by atoms with E-state index in [0.29, 0.717) is 13.0 Å². The average molecular weight is 182 g/mol. The highest BCUT2D eigenvalue weighted by atomic mass is 35.5. The Labute approximate surface area is 74.1 Å². The number of hydrogen-bond acceptors (Lipinski definition) is 3. The van der Waals surface area contributed by atoms with Crippen molar-refractivity contribution >= 4 is 18.4 Å². The zero-order valence-corrected chi connectivity index (χ0v) is 8.11. The highest BCUT2D eigenvalue weighted by molar-refractivity contribution is 5.85. The van der Waals surface area contributed by atoms with Gasteiger partial charge in [-0.2, -0.15) is 0 Å². The topological polar surface area (TPSA) is 29.5 Å². The lowest BCUT2D eigenvalue weighted by molar-refractivity contribution is -0.143. The highest BCUT2D eigenvalue weighted by Gasteiger charge is 2.00. The van der Waals surface area contributed by atoms with Gasteiger partial charge in [-0.05, 0) is 21.0 Å². The normalized spacial score (nSPS) is 9.09. The summed E-state index contributed by atoms with van der Waals surface area (Å²) in [6, 6.07) is 0. The van der Waals surface area contributed by atoms with Gasteiger partial charge in [0.2, 0.25) is 0 Å². The predicted molar refractivity (Wildman–Crippen MR) is 47.1 cm³/mol. The van der Waals surface area contributed by atoms with Crippen molar-refractivity contribution in [1.82, 2.24) is 4.90 Å². The third-order valence-corrected chi connectivity index (χ3v) is 1.07. The lowest BCUT2D eigenvalue weighted by Gasteiger charge is -2.07. The van der Waals surface area contributed by atoms with Crippen LogP contribution in [0.2, 0.25) is 0 Å². The average Bonchev–Trinajstić information content (AvgIpc) is 1.85. The van der Waals surface area contributed by atoms with Gasteiger partial charge in [-0.15, -0.1) is 12.4 Å². The van der Waals surface area contributed by atoms with Gasteiger partial charge in [-0.25, -0.2) is 0 Å². The van der Waals surface area contributed by atoms with E-state index in [1.165, 1.54) is 0 Å². The summed E-state index contributed by atoms with van der Waals surface area (Å²) in [5.74, 6) is -0.115. The van der Waals surface area contributed by atoms with Crippen LogP contribution in [0.1, 0.15) is 13.3 Å². The monoisotopic (exact) mass is 181 g/mol. The molecule has 0 fully saturated rings. The molecule has 0 aromatic carbocycles. The van der Waals surface area contributed by atoms with Crippen LogP contribution in [0.4, 0.5) is 0 Å². The van der Waals surface area contributed by atoms with Crippen LogP contribution in [-0.2, 0) is 9.53 Å². The standard InChI is InChI=1S/C7H15NO2.ClH/c1-4-10-7(9)5-6-8(2)3;/h4-6H2,1-3H3;1H. The first-order chi connectivity index (χ1) is 4.66. The van der Waals surface area contributed by atoms with Gasteiger partial charge in [-0.3, -0.25) is 4.79 Å². The van der Waals surface area contributed by atoms with Gasteiger partial charge in [0.1, 0.15) is 0 Å². The Morgan fingerprint density at radius 1 is 1.45 bits per heavy atom. The summed E-state index contributed by atoms with van der Waals surface area (Å²) in [5.41, 5.74) is 0. The molecule has 0 aromatic rings. The number of rotatable bonds is 4. The lowest BCUT2D eigenvalue weighted by Crippen LogP contribution is -2.17. The van der Waals surface area contributed by atoms with Crippen molar-refractivity contribution in [2.45, 2.75) is 13.3 Å². The molecule has 68 valence electrons. The van der Waals surface area contributed by atoms with Gasteiger partial charge in [0.25, 0.3) is 0 Å². The number of hydrogen-bond donors (Lipinski definition) is 0. The van der Waals surface area contributed by atoms with E-state index < -0.39 is 0 Å². The van der Waals surface area contributed by atoms with E-state index in [2.05, 4.69) is 0 Å². The molecule has 11 heavy (non-hydrogen) atoms. The fraction of sp³-hybridized carbons (Fsp3) is 0.857. The number of esters is 1. The van der Waals surface area contributed by atoms with Crippen molar-refractivity contribution in [3.63, 3.8) is 0 Å². The second kappa shape index (κ2) is 7.82. The zero-order valence-electron chi connectivity index (χ0n) is 7.29. The minimum absolute atomic E-state index is 0. The molecule has 4 heteroatoms. The van der Waals surface area contributed by atoms with E-state index in [1.54, 1.807) is 0 Å². The Balaban J connectivity index is 0. The molecule has 0 spiro atoms. The molecule has 0 saturated heterocycles. The van der Waals surface area contributed by atoms with Crippen LogP contribution in [0.3, 0.4) is 0 Å². The maximum Gasteiger partial charge on any atom is 0.307 e. The summed E-state index contributed by atoms with van der Waals surface area (Å²) in [7, 11) is 3.86. The van der Waals surface area contributed by atoms with E-state index in [0.717, 1.165) is 6.54 Å². The molecule has 0 amide bonds.